The largest absolute Gasteiger partial charge is 0.379 e. The number of nitrogens with two attached hydrogens (primary N) is 1. The number of nitriles is 1. The zero-order valence-electron chi connectivity index (χ0n) is 9.49. The molecule has 2 rings (SSSR count). The third-order valence-corrected chi connectivity index (χ3v) is 2.37. The number of anilines is 1. The monoisotopic (exact) mass is 264 g/mol. The Morgan fingerprint density at radius 1 is 1.58 bits per heavy atom. The molecule has 0 bridgehead atoms. The van der Waals surface area contributed by atoms with Crippen LogP contribution < -0.4 is 11.2 Å². The fourth-order valence-electron chi connectivity index (χ4n) is 1.41. The van der Waals surface area contributed by atoms with Gasteiger partial charge in [0.1, 0.15) is 6.07 Å². The molecule has 1 aliphatic rings. The first-order chi connectivity index (χ1) is 9.08. The van der Waals surface area contributed by atoms with Crippen molar-refractivity contribution in [1.82, 2.24) is 15.8 Å². The van der Waals surface area contributed by atoms with Crippen LogP contribution in [0.1, 0.15) is 5.69 Å². The number of hydrogen-bond donors (Lipinski definition) is 3. The smallest absolute Gasteiger partial charge is 0.232 e. The molecular formula is C10H9FN6O2. The van der Waals surface area contributed by atoms with E-state index in [0.29, 0.717) is 0 Å². The molecule has 0 radical (unpaired) electrons. The van der Waals surface area contributed by atoms with Gasteiger partial charge in [-0.25, -0.2) is 9.02 Å². The predicted octanol–water partition coefficient (Wildman–Crippen LogP) is 0.104. The summed E-state index contributed by atoms with van der Waals surface area (Å²) in [4.78, 5) is 4.02. The Bertz CT molecular complexity index is 585. The van der Waals surface area contributed by atoms with Gasteiger partial charge >= 0.3 is 0 Å². The summed E-state index contributed by atoms with van der Waals surface area (Å²) in [7, 11) is 0. The number of rotatable bonds is 2. The lowest BCUT2D eigenvalue weighted by Gasteiger charge is -2.14. The third kappa shape index (κ3) is 2.58. The maximum absolute atomic E-state index is 13.5. The highest BCUT2D eigenvalue weighted by Gasteiger charge is 2.26. The van der Waals surface area contributed by atoms with Gasteiger partial charge in [-0.1, -0.05) is 12.2 Å². The minimum atomic E-state index is -2.13. The zero-order valence-corrected chi connectivity index (χ0v) is 9.49. The summed E-state index contributed by atoms with van der Waals surface area (Å²) in [6.07, 6.45) is 4.87. The predicted molar refractivity (Wildman–Crippen MR) is 61.7 cm³/mol. The Morgan fingerprint density at radius 2 is 2.26 bits per heavy atom. The van der Waals surface area contributed by atoms with Crippen LogP contribution in [-0.2, 0) is 0 Å². The fourth-order valence-corrected chi connectivity index (χ4v) is 1.41. The first-order valence-electron chi connectivity index (χ1n) is 5.13. The van der Waals surface area contributed by atoms with Crippen molar-refractivity contribution in [3.63, 3.8) is 0 Å². The lowest BCUT2D eigenvalue weighted by atomic mass is 9.99. The summed E-state index contributed by atoms with van der Waals surface area (Å²) >= 11 is 0. The van der Waals surface area contributed by atoms with E-state index in [1.165, 1.54) is 18.2 Å². The van der Waals surface area contributed by atoms with Crippen molar-refractivity contribution in [2.45, 2.75) is 11.7 Å². The first kappa shape index (κ1) is 12.7. The summed E-state index contributed by atoms with van der Waals surface area (Å²) in [5, 5.41) is 24.4. The van der Waals surface area contributed by atoms with Crippen molar-refractivity contribution < 1.29 is 14.2 Å². The van der Waals surface area contributed by atoms with E-state index in [1.54, 1.807) is 0 Å². The lowest BCUT2D eigenvalue weighted by Crippen LogP contribution is -2.25. The van der Waals surface area contributed by atoms with Gasteiger partial charge in [0, 0.05) is 0 Å². The Balaban J connectivity index is 2.23. The van der Waals surface area contributed by atoms with E-state index in [2.05, 4.69) is 19.9 Å². The third-order valence-electron chi connectivity index (χ3n) is 2.37. The van der Waals surface area contributed by atoms with Crippen LogP contribution in [0.2, 0.25) is 0 Å². The maximum atomic E-state index is 13.5. The van der Waals surface area contributed by atoms with E-state index in [1.807, 2.05) is 5.48 Å². The van der Waals surface area contributed by atoms with Gasteiger partial charge in [0.2, 0.25) is 5.67 Å². The van der Waals surface area contributed by atoms with Crippen molar-refractivity contribution in [3.05, 3.63) is 30.0 Å². The molecule has 9 heteroatoms. The number of halogens is 1. The number of nitrogens with zero attached hydrogens (tertiary/aromatic N) is 4. The Kier molecular flexibility index (Phi) is 3.26. The van der Waals surface area contributed by atoms with E-state index in [4.69, 9.17) is 16.2 Å². The highest BCUT2D eigenvalue weighted by atomic mass is 19.1. The van der Waals surface area contributed by atoms with Crippen molar-refractivity contribution in [2.24, 2.45) is 4.99 Å². The topological polar surface area (TPSA) is 133 Å². The van der Waals surface area contributed by atoms with Crippen LogP contribution in [0, 0.1) is 11.3 Å². The van der Waals surface area contributed by atoms with Gasteiger partial charge < -0.3 is 5.73 Å². The van der Waals surface area contributed by atoms with Gasteiger partial charge in [-0.3, -0.25) is 15.7 Å². The second-order valence-electron chi connectivity index (χ2n) is 3.68. The summed E-state index contributed by atoms with van der Waals surface area (Å²) in [6, 6.07) is 0.913. The number of amidine groups is 1. The van der Waals surface area contributed by atoms with E-state index in [-0.39, 0.29) is 17.3 Å². The number of nitrogens with one attached hydrogen (secondary N) is 1. The summed E-state index contributed by atoms with van der Waals surface area (Å²) in [6.45, 7) is 0. The fraction of sp³-hybridized carbons (Fsp3) is 0.200. The molecule has 1 aromatic rings. The van der Waals surface area contributed by atoms with Gasteiger partial charge in [0.05, 0.1) is 6.04 Å². The van der Waals surface area contributed by atoms with Gasteiger partial charge in [-0.15, -0.1) is 0 Å². The van der Waals surface area contributed by atoms with Crippen molar-refractivity contribution in [3.8, 4) is 6.07 Å². The molecule has 0 atom stereocenters. The number of allylic oxidation sites excluding steroid dienone is 2. The molecule has 0 aliphatic heterocycles. The molecule has 0 fully saturated rings. The van der Waals surface area contributed by atoms with Crippen molar-refractivity contribution >= 4 is 11.7 Å². The van der Waals surface area contributed by atoms with Crippen molar-refractivity contribution in [1.29, 1.82) is 5.26 Å². The van der Waals surface area contributed by atoms with Crippen LogP contribution in [0.3, 0.4) is 0 Å². The first-order valence-corrected chi connectivity index (χ1v) is 5.13. The van der Waals surface area contributed by atoms with E-state index in [0.717, 1.165) is 12.2 Å². The van der Waals surface area contributed by atoms with Crippen LogP contribution in [0.5, 0.6) is 0 Å². The van der Waals surface area contributed by atoms with Gasteiger partial charge in [0.25, 0.3) is 0 Å². The number of hydroxylamine groups is 1. The van der Waals surface area contributed by atoms with E-state index in [9.17, 15) is 4.39 Å². The van der Waals surface area contributed by atoms with Crippen molar-refractivity contribution in [2.75, 3.05) is 5.73 Å². The number of aliphatic imine (C=N–C) groups is 1. The Labute approximate surface area is 106 Å². The molecule has 98 valence electrons. The summed E-state index contributed by atoms with van der Waals surface area (Å²) in [5.41, 5.74) is 5.15. The van der Waals surface area contributed by atoms with Gasteiger partial charge in [0.15, 0.2) is 17.3 Å². The highest BCUT2D eigenvalue weighted by molar-refractivity contribution is 5.99. The molecule has 19 heavy (non-hydrogen) atoms. The molecule has 1 aliphatic carbocycles. The molecule has 0 amide bonds. The average molecular weight is 264 g/mol. The molecule has 0 aromatic carbocycles. The molecule has 4 N–H and O–H groups in total. The standard InChI is InChI=1S/C10H9FN6O2/c11-10(5-12)3-1-6(2-4-10)14-9(15-18)7-8(13)17-19-16-7/h1-4,6,18H,(H2,13,17)(H,14,15). The molecular weight excluding hydrogens is 255 g/mol. The lowest BCUT2D eigenvalue weighted by molar-refractivity contribution is 0.233. The minimum Gasteiger partial charge on any atom is -0.379 e. The normalized spacial score (nSPS) is 26.2. The number of aromatic nitrogens is 2. The summed E-state index contributed by atoms with van der Waals surface area (Å²) in [5.74, 6) is -0.137. The quantitative estimate of drug-likeness (QED) is 0.298. The SMILES string of the molecule is N#CC1(F)C=CC(N=C(NO)c2nonc2N)C=C1. The summed E-state index contributed by atoms with van der Waals surface area (Å²) < 4.78 is 17.9. The molecule has 0 saturated carbocycles. The molecule has 0 saturated heterocycles. The Morgan fingerprint density at radius 3 is 2.74 bits per heavy atom. The van der Waals surface area contributed by atoms with Crippen LogP contribution in [0.4, 0.5) is 10.2 Å². The molecule has 1 aromatic heterocycles. The molecule has 0 spiro atoms. The van der Waals surface area contributed by atoms with Crippen LogP contribution in [-0.4, -0.2) is 33.1 Å². The second-order valence-corrected chi connectivity index (χ2v) is 3.68. The van der Waals surface area contributed by atoms with Gasteiger partial charge in [-0.2, -0.15) is 5.26 Å². The van der Waals surface area contributed by atoms with Gasteiger partial charge in [-0.05, 0) is 22.5 Å². The van der Waals surface area contributed by atoms with E-state index < -0.39 is 11.7 Å². The maximum Gasteiger partial charge on any atom is 0.232 e. The molecule has 0 unspecified atom stereocenters. The number of hydrogen-bond acceptors (Lipinski definition) is 7. The second kappa shape index (κ2) is 4.87. The number of alkyl halides is 1. The molecule has 1 heterocycles. The average Bonchev–Trinajstić information content (AvgIpc) is 2.84. The zero-order chi connectivity index (χ0) is 13.9. The highest BCUT2D eigenvalue weighted by Crippen LogP contribution is 2.20. The van der Waals surface area contributed by atoms with E-state index >= 15 is 0 Å². The number of nitrogen functional groups attached to an aromatic ring is 1. The van der Waals surface area contributed by atoms with Crippen LogP contribution in [0.15, 0.2) is 33.9 Å². The minimum absolute atomic E-state index is 0.0293. The molecule has 8 nitrogen and oxygen atoms in total. The van der Waals surface area contributed by atoms with Crippen LogP contribution in [0.25, 0.3) is 0 Å². The van der Waals surface area contributed by atoms with Crippen LogP contribution >= 0.6 is 0 Å². The Hall–Kier alpha value is -2.73.